The van der Waals surface area contributed by atoms with Crippen LogP contribution in [0.15, 0.2) is 26.9 Å². The standard InChI is InChI=1S/C18H25N5O3/c1-10-6-16(22-21-10)23-9-14-12(18(23)24)4-5-13(20-14)11-7-15(25-2)17(26-3)19-8-11/h5,8,10-12,15,17,21H,4,6-7,9H2,1-3H3. The Hall–Kier alpha value is -2.06. The number of amides is 1. The Labute approximate surface area is 153 Å². The van der Waals surface area contributed by atoms with Gasteiger partial charge in [0.2, 0.25) is 5.91 Å². The molecular weight excluding hydrogens is 334 g/mol. The molecule has 8 heteroatoms. The maximum atomic E-state index is 12.7. The van der Waals surface area contributed by atoms with Gasteiger partial charge in [0.15, 0.2) is 6.23 Å². The zero-order valence-electron chi connectivity index (χ0n) is 15.4. The van der Waals surface area contributed by atoms with Crippen LogP contribution in [0.5, 0.6) is 0 Å². The van der Waals surface area contributed by atoms with Gasteiger partial charge in [-0.15, -0.1) is 0 Å². The quantitative estimate of drug-likeness (QED) is 0.813. The number of fused-ring (bicyclic) bond motifs is 1. The minimum absolute atomic E-state index is 0.0871. The van der Waals surface area contributed by atoms with Gasteiger partial charge in [0.25, 0.3) is 0 Å². The van der Waals surface area contributed by atoms with Gasteiger partial charge in [-0.2, -0.15) is 5.10 Å². The second-order valence-corrected chi connectivity index (χ2v) is 7.25. The Morgan fingerprint density at radius 3 is 2.85 bits per heavy atom. The van der Waals surface area contributed by atoms with Gasteiger partial charge in [-0.25, -0.2) is 0 Å². The smallest absolute Gasteiger partial charge is 0.237 e. The molecule has 0 bridgehead atoms. The fraction of sp³-hybridized carbons (Fsp3) is 0.667. The van der Waals surface area contributed by atoms with Crippen molar-refractivity contribution in [3.8, 4) is 0 Å². The van der Waals surface area contributed by atoms with Crippen LogP contribution in [0.1, 0.15) is 26.2 Å². The Kier molecular flexibility index (Phi) is 4.62. The van der Waals surface area contributed by atoms with Crippen molar-refractivity contribution < 1.29 is 14.3 Å². The van der Waals surface area contributed by atoms with E-state index in [0.29, 0.717) is 13.0 Å². The highest BCUT2D eigenvalue weighted by molar-refractivity contribution is 6.18. The lowest BCUT2D eigenvalue weighted by molar-refractivity contribution is -0.127. The highest BCUT2D eigenvalue weighted by atomic mass is 16.5. The molecule has 5 atom stereocenters. The van der Waals surface area contributed by atoms with Crippen LogP contribution < -0.4 is 5.43 Å². The van der Waals surface area contributed by atoms with Gasteiger partial charge in [0.1, 0.15) is 11.9 Å². The average molecular weight is 359 g/mol. The Bertz CT molecular complexity index is 714. The lowest BCUT2D eigenvalue weighted by Crippen LogP contribution is -2.36. The van der Waals surface area contributed by atoms with Crippen LogP contribution in [0.25, 0.3) is 0 Å². The summed E-state index contributed by atoms with van der Waals surface area (Å²) >= 11 is 0. The lowest BCUT2D eigenvalue weighted by atomic mass is 9.90. The number of likely N-dealkylation sites (tertiary alicyclic amines) is 1. The minimum Gasteiger partial charge on any atom is -0.377 e. The molecule has 4 aliphatic rings. The van der Waals surface area contributed by atoms with E-state index in [9.17, 15) is 4.79 Å². The SMILES string of the molecule is COC1CC(C2=CCC3C(=O)N(C4=NNC(C)C4)CC3=N2)C=NC1OC. The summed E-state index contributed by atoms with van der Waals surface area (Å²) in [5, 5.41) is 4.30. The summed E-state index contributed by atoms with van der Waals surface area (Å²) < 4.78 is 10.9. The van der Waals surface area contributed by atoms with Gasteiger partial charge in [0, 0.05) is 44.5 Å². The summed E-state index contributed by atoms with van der Waals surface area (Å²) in [6.45, 7) is 2.59. The van der Waals surface area contributed by atoms with Gasteiger partial charge >= 0.3 is 0 Å². The van der Waals surface area contributed by atoms with Crippen molar-refractivity contribution in [3.63, 3.8) is 0 Å². The van der Waals surface area contributed by atoms with Crippen LogP contribution in [0.3, 0.4) is 0 Å². The summed E-state index contributed by atoms with van der Waals surface area (Å²) in [5.74, 6) is 0.875. The van der Waals surface area contributed by atoms with Crippen molar-refractivity contribution in [2.45, 2.75) is 44.6 Å². The molecule has 0 spiro atoms. The second kappa shape index (κ2) is 6.92. The largest absolute Gasteiger partial charge is 0.377 e. The highest BCUT2D eigenvalue weighted by Gasteiger charge is 2.42. The molecule has 140 valence electrons. The first-order valence-corrected chi connectivity index (χ1v) is 9.10. The predicted molar refractivity (Wildman–Crippen MR) is 98.2 cm³/mol. The number of ether oxygens (including phenoxy) is 2. The van der Waals surface area contributed by atoms with Crippen molar-refractivity contribution in [1.82, 2.24) is 10.3 Å². The topological polar surface area (TPSA) is 87.9 Å². The van der Waals surface area contributed by atoms with Crippen molar-refractivity contribution in [1.29, 1.82) is 0 Å². The molecule has 0 aromatic carbocycles. The van der Waals surface area contributed by atoms with Crippen molar-refractivity contribution in [3.05, 3.63) is 11.8 Å². The number of nitrogens with zero attached hydrogens (tertiary/aromatic N) is 4. The normalized spacial score (nSPS) is 36.4. The van der Waals surface area contributed by atoms with Crippen LogP contribution in [0.2, 0.25) is 0 Å². The van der Waals surface area contributed by atoms with Gasteiger partial charge < -0.3 is 14.9 Å². The Morgan fingerprint density at radius 1 is 1.31 bits per heavy atom. The third kappa shape index (κ3) is 2.97. The summed E-state index contributed by atoms with van der Waals surface area (Å²) in [5.41, 5.74) is 4.94. The number of aliphatic imine (C=N–C) groups is 2. The fourth-order valence-electron chi connectivity index (χ4n) is 3.99. The van der Waals surface area contributed by atoms with E-state index in [0.717, 1.165) is 30.1 Å². The molecule has 0 saturated carbocycles. The van der Waals surface area contributed by atoms with E-state index in [2.05, 4.69) is 28.5 Å². The lowest BCUT2D eigenvalue weighted by Gasteiger charge is -2.30. The average Bonchev–Trinajstić information content (AvgIpc) is 3.24. The second-order valence-electron chi connectivity index (χ2n) is 7.25. The number of hydrazone groups is 1. The first-order chi connectivity index (χ1) is 12.6. The number of hydrogen-bond acceptors (Lipinski definition) is 7. The first-order valence-electron chi connectivity index (χ1n) is 9.10. The van der Waals surface area contributed by atoms with E-state index in [4.69, 9.17) is 14.5 Å². The Morgan fingerprint density at radius 2 is 2.15 bits per heavy atom. The number of nitrogens with one attached hydrogen (secondary N) is 1. The maximum Gasteiger partial charge on any atom is 0.237 e. The number of rotatable bonds is 3. The molecule has 8 nitrogen and oxygen atoms in total. The molecule has 5 unspecified atom stereocenters. The van der Waals surface area contributed by atoms with Crippen molar-refractivity contribution in [2.24, 2.45) is 26.9 Å². The molecule has 1 saturated heterocycles. The Balaban J connectivity index is 1.50. The third-order valence-corrected chi connectivity index (χ3v) is 5.48. The third-order valence-electron chi connectivity index (χ3n) is 5.48. The molecule has 1 amide bonds. The zero-order chi connectivity index (χ0) is 18.3. The molecule has 1 fully saturated rings. The monoisotopic (exact) mass is 359 g/mol. The minimum atomic E-state index is -0.265. The molecular formula is C18H25N5O3. The fourth-order valence-corrected chi connectivity index (χ4v) is 3.99. The van der Waals surface area contributed by atoms with Crippen LogP contribution in [-0.4, -0.2) is 67.7 Å². The van der Waals surface area contributed by atoms with E-state index in [1.165, 1.54) is 0 Å². The zero-order valence-corrected chi connectivity index (χ0v) is 15.4. The van der Waals surface area contributed by atoms with E-state index in [-0.39, 0.29) is 36.1 Å². The van der Waals surface area contributed by atoms with Gasteiger partial charge in [-0.1, -0.05) is 6.08 Å². The number of allylic oxidation sites excluding steroid dienone is 2. The van der Waals surface area contributed by atoms with E-state index < -0.39 is 0 Å². The molecule has 4 aliphatic heterocycles. The van der Waals surface area contributed by atoms with E-state index in [1.807, 2.05) is 6.21 Å². The molecule has 0 aromatic rings. The molecule has 26 heavy (non-hydrogen) atoms. The predicted octanol–water partition coefficient (Wildman–Crippen LogP) is 0.947. The molecule has 0 aliphatic carbocycles. The molecule has 0 aromatic heterocycles. The summed E-state index contributed by atoms with van der Waals surface area (Å²) in [4.78, 5) is 23.8. The van der Waals surface area contributed by atoms with Crippen LogP contribution >= 0.6 is 0 Å². The van der Waals surface area contributed by atoms with Crippen LogP contribution in [0.4, 0.5) is 0 Å². The van der Waals surface area contributed by atoms with Gasteiger partial charge in [0.05, 0.1) is 18.2 Å². The molecule has 0 radical (unpaired) electrons. The summed E-state index contributed by atoms with van der Waals surface area (Å²) in [7, 11) is 3.32. The van der Waals surface area contributed by atoms with E-state index in [1.54, 1.807) is 19.1 Å². The molecule has 4 heterocycles. The summed E-state index contributed by atoms with van der Waals surface area (Å²) in [6, 6.07) is 0.272. The van der Waals surface area contributed by atoms with Crippen molar-refractivity contribution >= 4 is 23.7 Å². The van der Waals surface area contributed by atoms with Crippen LogP contribution in [0, 0.1) is 11.8 Å². The molecule has 1 N–H and O–H groups in total. The van der Waals surface area contributed by atoms with Gasteiger partial charge in [-0.05, 0) is 19.8 Å². The van der Waals surface area contributed by atoms with Crippen molar-refractivity contribution in [2.75, 3.05) is 20.8 Å². The number of methoxy groups -OCH3 is 2. The molecule has 4 rings (SSSR count). The first kappa shape index (κ1) is 17.4. The number of carbonyl (C=O) groups excluding carboxylic acids is 1. The number of hydrogen-bond donors (Lipinski definition) is 1. The highest BCUT2D eigenvalue weighted by Crippen LogP contribution is 2.32. The van der Waals surface area contributed by atoms with Gasteiger partial charge in [-0.3, -0.25) is 19.7 Å². The number of amidine groups is 1. The van der Waals surface area contributed by atoms with E-state index >= 15 is 0 Å². The number of carbonyl (C=O) groups is 1. The van der Waals surface area contributed by atoms with Crippen LogP contribution in [-0.2, 0) is 14.3 Å². The summed E-state index contributed by atoms with van der Waals surface area (Å²) in [6.07, 6.45) is 5.86. The maximum absolute atomic E-state index is 12.7.